The first-order valence-corrected chi connectivity index (χ1v) is 6.12. The summed E-state index contributed by atoms with van der Waals surface area (Å²) in [4.78, 5) is 9.73. The van der Waals surface area contributed by atoms with E-state index in [2.05, 4.69) is 9.98 Å². The van der Waals surface area contributed by atoms with Crippen LogP contribution in [0.2, 0.25) is 0 Å². The van der Waals surface area contributed by atoms with Gasteiger partial charge < -0.3 is 26.8 Å². The van der Waals surface area contributed by atoms with Crippen LogP contribution in [0.15, 0.2) is 28.2 Å². The van der Waals surface area contributed by atoms with E-state index in [0.717, 1.165) is 5.69 Å². The average Bonchev–Trinajstić information content (AvgIpc) is 2.39. The van der Waals surface area contributed by atoms with Gasteiger partial charge in [-0.15, -0.1) is 0 Å². The predicted octanol–water partition coefficient (Wildman–Crippen LogP) is -0.118. The molecule has 6 N–H and O–H groups in total. The van der Waals surface area contributed by atoms with Crippen molar-refractivity contribution in [1.82, 2.24) is 0 Å². The monoisotopic (exact) mass is 280 g/mol. The number of rotatable bonds is 2. The summed E-state index contributed by atoms with van der Waals surface area (Å²) in [5.74, 6) is -0.723. The Balaban J connectivity index is 2.35. The molecular formula is C12H17FN6O. The molecule has 1 aromatic rings. The number of hydrogen-bond acceptors (Lipinski definition) is 3. The molecule has 0 spiro atoms. The number of benzene rings is 1. The van der Waals surface area contributed by atoms with Crippen molar-refractivity contribution >= 4 is 23.3 Å². The van der Waals surface area contributed by atoms with Crippen molar-refractivity contribution in [2.24, 2.45) is 27.2 Å². The Bertz CT molecular complexity index is 535. The Morgan fingerprint density at radius 2 is 1.90 bits per heavy atom. The van der Waals surface area contributed by atoms with Crippen LogP contribution in [0.25, 0.3) is 0 Å². The summed E-state index contributed by atoms with van der Waals surface area (Å²) in [7, 11) is 0. The number of aliphatic imine (C=N–C) groups is 2. The van der Waals surface area contributed by atoms with Gasteiger partial charge in [-0.2, -0.15) is 4.99 Å². The quantitative estimate of drug-likeness (QED) is 0.516. The standard InChI is InChI=1S/C12H17FN6O/c13-8-1-2-10(19-3-5-20-6-4-19)9(7-8)17-12(16)18-11(14)15/h1-2,7H,3-6H2,(H6,14,15,16,17,18). The summed E-state index contributed by atoms with van der Waals surface area (Å²) >= 11 is 0. The molecule has 1 aliphatic rings. The number of morpholine rings is 1. The number of hydrogen-bond donors (Lipinski definition) is 3. The largest absolute Gasteiger partial charge is 0.378 e. The second kappa shape index (κ2) is 6.20. The van der Waals surface area contributed by atoms with E-state index in [9.17, 15) is 4.39 Å². The lowest BCUT2D eigenvalue weighted by atomic mass is 10.2. The number of ether oxygens (including phenoxy) is 1. The van der Waals surface area contributed by atoms with E-state index in [4.69, 9.17) is 21.9 Å². The van der Waals surface area contributed by atoms with Gasteiger partial charge in [-0.1, -0.05) is 0 Å². The molecule has 0 unspecified atom stereocenters. The van der Waals surface area contributed by atoms with E-state index < -0.39 is 5.82 Å². The second-order valence-electron chi connectivity index (χ2n) is 4.24. The summed E-state index contributed by atoms with van der Waals surface area (Å²) < 4.78 is 18.7. The summed E-state index contributed by atoms with van der Waals surface area (Å²) in [6, 6.07) is 4.32. The van der Waals surface area contributed by atoms with Gasteiger partial charge in [0.05, 0.1) is 24.6 Å². The zero-order chi connectivity index (χ0) is 14.5. The van der Waals surface area contributed by atoms with Crippen molar-refractivity contribution < 1.29 is 9.13 Å². The minimum absolute atomic E-state index is 0.120. The van der Waals surface area contributed by atoms with Gasteiger partial charge in [0.2, 0.25) is 5.96 Å². The first-order valence-electron chi connectivity index (χ1n) is 6.12. The van der Waals surface area contributed by atoms with E-state index in [0.29, 0.717) is 32.0 Å². The third-order valence-corrected chi connectivity index (χ3v) is 2.77. The van der Waals surface area contributed by atoms with Crippen LogP contribution in [0.5, 0.6) is 0 Å². The van der Waals surface area contributed by atoms with Gasteiger partial charge in [-0.05, 0) is 12.1 Å². The minimum Gasteiger partial charge on any atom is -0.378 e. The lowest BCUT2D eigenvalue weighted by molar-refractivity contribution is 0.123. The minimum atomic E-state index is -0.404. The highest BCUT2D eigenvalue weighted by Crippen LogP contribution is 2.30. The van der Waals surface area contributed by atoms with E-state index >= 15 is 0 Å². The molecule has 0 aromatic heterocycles. The molecule has 20 heavy (non-hydrogen) atoms. The van der Waals surface area contributed by atoms with Gasteiger partial charge in [-0.3, -0.25) is 0 Å². The van der Waals surface area contributed by atoms with E-state index in [1.54, 1.807) is 6.07 Å². The SMILES string of the molecule is NC(N)=NC(N)=Nc1cc(F)ccc1N1CCOCC1. The van der Waals surface area contributed by atoms with Crippen molar-refractivity contribution in [3.05, 3.63) is 24.0 Å². The maximum atomic E-state index is 13.4. The first-order chi connectivity index (χ1) is 9.56. The fourth-order valence-corrected chi connectivity index (χ4v) is 1.94. The molecule has 0 radical (unpaired) electrons. The highest BCUT2D eigenvalue weighted by molar-refractivity contribution is 5.94. The topological polar surface area (TPSA) is 115 Å². The van der Waals surface area contributed by atoms with Crippen LogP contribution in [-0.2, 0) is 4.74 Å². The van der Waals surface area contributed by atoms with E-state index in [1.807, 2.05) is 4.90 Å². The van der Waals surface area contributed by atoms with Gasteiger partial charge in [0.25, 0.3) is 0 Å². The maximum Gasteiger partial charge on any atom is 0.223 e. The van der Waals surface area contributed by atoms with Crippen LogP contribution in [0.4, 0.5) is 15.8 Å². The molecule has 1 aromatic carbocycles. The van der Waals surface area contributed by atoms with Crippen LogP contribution in [0.1, 0.15) is 0 Å². The third kappa shape index (κ3) is 3.58. The molecule has 1 saturated heterocycles. The maximum absolute atomic E-state index is 13.4. The number of nitrogens with two attached hydrogens (primary N) is 3. The van der Waals surface area contributed by atoms with E-state index in [-0.39, 0.29) is 11.9 Å². The molecule has 7 nitrogen and oxygen atoms in total. The van der Waals surface area contributed by atoms with Crippen LogP contribution < -0.4 is 22.1 Å². The van der Waals surface area contributed by atoms with Crippen LogP contribution in [-0.4, -0.2) is 38.2 Å². The zero-order valence-electron chi connectivity index (χ0n) is 10.9. The molecule has 0 saturated carbocycles. The molecule has 1 fully saturated rings. The third-order valence-electron chi connectivity index (χ3n) is 2.77. The summed E-state index contributed by atoms with van der Waals surface area (Å²) in [5, 5.41) is 0. The summed E-state index contributed by atoms with van der Waals surface area (Å²) in [6.45, 7) is 2.64. The normalized spacial score (nSPS) is 16.1. The van der Waals surface area contributed by atoms with Crippen molar-refractivity contribution in [2.45, 2.75) is 0 Å². The van der Waals surface area contributed by atoms with Gasteiger partial charge >= 0.3 is 0 Å². The van der Waals surface area contributed by atoms with Crippen LogP contribution >= 0.6 is 0 Å². The number of nitrogens with zero attached hydrogens (tertiary/aromatic N) is 3. The molecule has 0 aliphatic carbocycles. The molecule has 108 valence electrons. The smallest absolute Gasteiger partial charge is 0.223 e. The Labute approximate surface area is 115 Å². The zero-order valence-corrected chi connectivity index (χ0v) is 10.9. The second-order valence-corrected chi connectivity index (χ2v) is 4.24. The van der Waals surface area contributed by atoms with Gasteiger partial charge in [0, 0.05) is 19.2 Å². The Kier molecular flexibility index (Phi) is 4.36. The number of anilines is 1. The highest BCUT2D eigenvalue weighted by Gasteiger charge is 2.15. The molecule has 1 heterocycles. The fraction of sp³-hybridized carbons (Fsp3) is 0.333. The predicted molar refractivity (Wildman–Crippen MR) is 76.5 cm³/mol. The lowest BCUT2D eigenvalue weighted by Crippen LogP contribution is -2.36. The van der Waals surface area contributed by atoms with Gasteiger partial charge in [-0.25, -0.2) is 9.38 Å². The lowest BCUT2D eigenvalue weighted by Gasteiger charge is -2.29. The van der Waals surface area contributed by atoms with Crippen LogP contribution in [0.3, 0.4) is 0 Å². The van der Waals surface area contributed by atoms with Crippen molar-refractivity contribution in [2.75, 3.05) is 31.2 Å². The Morgan fingerprint density at radius 1 is 1.20 bits per heavy atom. The Hall–Kier alpha value is -2.35. The highest BCUT2D eigenvalue weighted by atomic mass is 19.1. The Morgan fingerprint density at radius 3 is 2.55 bits per heavy atom. The van der Waals surface area contributed by atoms with Crippen LogP contribution in [0, 0.1) is 5.82 Å². The van der Waals surface area contributed by atoms with Gasteiger partial charge in [0.15, 0.2) is 5.96 Å². The van der Waals surface area contributed by atoms with E-state index in [1.165, 1.54) is 12.1 Å². The average molecular weight is 280 g/mol. The number of halogens is 1. The summed E-state index contributed by atoms with van der Waals surface area (Å²) in [5.41, 5.74) is 17.2. The summed E-state index contributed by atoms with van der Waals surface area (Å²) in [6.07, 6.45) is 0. The molecule has 0 amide bonds. The van der Waals surface area contributed by atoms with Gasteiger partial charge in [0.1, 0.15) is 5.82 Å². The molecule has 2 rings (SSSR count). The molecule has 0 atom stereocenters. The van der Waals surface area contributed by atoms with Crippen molar-refractivity contribution in [3.8, 4) is 0 Å². The first kappa shape index (κ1) is 14.1. The van der Waals surface area contributed by atoms with Crippen molar-refractivity contribution in [1.29, 1.82) is 0 Å². The molecule has 1 aliphatic heterocycles. The van der Waals surface area contributed by atoms with Crippen molar-refractivity contribution in [3.63, 3.8) is 0 Å². The molecule has 8 heteroatoms. The molecular weight excluding hydrogens is 263 g/mol. The molecule has 0 bridgehead atoms. The number of guanidine groups is 2. The fourth-order valence-electron chi connectivity index (χ4n) is 1.94.